The van der Waals surface area contributed by atoms with E-state index in [0.717, 1.165) is 31.2 Å². The van der Waals surface area contributed by atoms with Gasteiger partial charge < -0.3 is 9.73 Å². The number of carbonyl (C=O) groups excluding carboxylic acids is 1. The summed E-state index contributed by atoms with van der Waals surface area (Å²) in [6.45, 7) is 2.02. The number of nitrogens with zero attached hydrogens (tertiary/aromatic N) is 2. The van der Waals surface area contributed by atoms with Gasteiger partial charge in [0.15, 0.2) is 0 Å². The zero-order valence-corrected chi connectivity index (χ0v) is 17.9. The van der Waals surface area contributed by atoms with Crippen LogP contribution in [0.25, 0.3) is 0 Å². The van der Waals surface area contributed by atoms with E-state index < -0.39 is 0 Å². The number of carbonyl (C=O) groups is 1. The van der Waals surface area contributed by atoms with Gasteiger partial charge in [-0.15, -0.1) is 21.5 Å². The molecule has 0 bridgehead atoms. The Morgan fingerprint density at radius 3 is 2.72 bits per heavy atom. The molecule has 0 radical (unpaired) electrons. The van der Waals surface area contributed by atoms with E-state index in [1.54, 1.807) is 11.3 Å². The van der Waals surface area contributed by atoms with Gasteiger partial charge in [0.1, 0.15) is 0 Å². The monoisotopic (exact) mass is 429 g/mol. The first-order valence-electron chi connectivity index (χ1n) is 9.96. The van der Waals surface area contributed by atoms with Crippen molar-refractivity contribution in [2.75, 3.05) is 0 Å². The zero-order chi connectivity index (χ0) is 20.3. The summed E-state index contributed by atoms with van der Waals surface area (Å²) in [6, 6.07) is 12.1. The predicted molar refractivity (Wildman–Crippen MR) is 114 cm³/mol. The van der Waals surface area contributed by atoms with Crippen LogP contribution in [0.3, 0.4) is 0 Å². The van der Waals surface area contributed by atoms with Crippen molar-refractivity contribution in [2.24, 2.45) is 0 Å². The van der Waals surface area contributed by atoms with E-state index in [9.17, 15) is 4.79 Å². The third-order valence-corrected chi connectivity index (χ3v) is 6.69. The Morgan fingerprint density at radius 1 is 1.28 bits per heavy atom. The van der Waals surface area contributed by atoms with E-state index in [4.69, 9.17) is 16.0 Å². The first-order chi connectivity index (χ1) is 14.0. The smallest absolute Gasteiger partial charge is 0.227 e. The maximum atomic E-state index is 12.3. The maximum Gasteiger partial charge on any atom is 0.227 e. The third kappa shape index (κ3) is 4.54. The highest BCUT2D eigenvalue weighted by atomic mass is 35.5. The number of halogens is 1. The van der Waals surface area contributed by atoms with Crippen LogP contribution in [-0.4, -0.2) is 22.1 Å². The van der Waals surface area contributed by atoms with Crippen LogP contribution in [0.1, 0.15) is 54.8 Å². The fourth-order valence-electron chi connectivity index (χ4n) is 3.82. The number of thiophene rings is 1. The lowest BCUT2D eigenvalue weighted by Gasteiger charge is -2.39. The minimum atomic E-state index is -0.215. The fraction of sp³-hybridized carbons (Fsp3) is 0.409. The summed E-state index contributed by atoms with van der Waals surface area (Å²) in [6.07, 6.45) is 4.72. The Balaban J connectivity index is 1.34. The van der Waals surface area contributed by atoms with Crippen LogP contribution in [0.2, 0.25) is 5.02 Å². The molecule has 1 aliphatic rings. The standard InChI is InChI=1S/C22H24ClN3O2S/c1-15(14-18-4-2-13-29-18)24-19(27)9-10-20-25-26-21(28-20)22(11-3-12-22)16-5-7-17(23)8-6-16/h2,4-8,13,15H,3,9-12,14H2,1H3,(H,24,27)/t15-/m1/s1. The summed E-state index contributed by atoms with van der Waals surface area (Å²) in [4.78, 5) is 13.5. The van der Waals surface area contributed by atoms with Crippen molar-refractivity contribution in [1.82, 2.24) is 15.5 Å². The van der Waals surface area contributed by atoms with E-state index in [1.807, 2.05) is 37.3 Å². The Labute approximate surface area is 179 Å². The van der Waals surface area contributed by atoms with Gasteiger partial charge in [-0.05, 0) is 48.9 Å². The van der Waals surface area contributed by atoms with Gasteiger partial charge in [0.05, 0.1) is 5.41 Å². The fourth-order valence-corrected chi connectivity index (χ4v) is 4.78. The molecule has 3 aromatic rings. The molecule has 4 rings (SSSR count). The molecule has 7 heteroatoms. The van der Waals surface area contributed by atoms with Crippen LogP contribution in [-0.2, 0) is 23.1 Å². The van der Waals surface area contributed by atoms with Crippen molar-refractivity contribution >= 4 is 28.8 Å². The zero-order valence-electron chi connectivity index (χ0n) is 16.4. The highest BCUT2D eigenvalue weighted by Crippen LogP contribution is 2.48. The summed E-state index contributed by atoms with van der Waals surface area (Å²) in [7, 11) is 0. The van der Waals surface area contributed by atoms with Gasteiger partial charge in [0.2, 0.25) is 17.7 Å². The second-order valence-electron chi connectivity index (χ2n) is 7.70. The largest absolute Gasteiger partial charge is 0.424 e. The maximum absolute atomic E-state index is 12.3. The van der Waals surface area contributed by atoms with Gasteiger partial charge >= 0.3 is 0 Å². The summed E-state index contributed by atoms with van der Waals surface area (Å²) < 4.78 is 5.98. The van der Waals surface area contributed by atoms with Crippen molar-refractivity contribution in [3.05, 3.63) is 69.0 Å². The Kier molecular flexibility index (Phi) is 6.01. The number of nitrogens with one attached hydrogen (secondary N) is 1. The molecule has 1 N–H and O–H groups in total. The molecule has 1 saturated carbocycles. The van der Waals surface area contributed by atoms with E-state index in [0.29, 0.717) is 29.6 Å². The molecule has 1 aromatic carbocycles. The van der Waals surface area contributed by atoms with Crippen molar-refractivity contribution in [2.45, 2.75) is 56.9 Å². The molecule has 0 spiro atoms. The average Bonchev–Trinajstić information content (AvgIpc) is 3.33. The third-order valence-electron chi connectivity index (χ3n) is 5.54. The lowest BCUT2D eigenvalue weighted by atomic mass is 9.64. The van der Waals surface area contributed by atoms with E-state index in [-0.39, 0.29) is 17.4 Å². The average molecular weight is 430 g/mol. The predicted octanol–water partition coefficient (Wildman–Crippen LogP) is 4.93. The minimum Gasteiger partial charge on any atom is -0.424 e. The highest BCUT2D eigenvalue weighted by Gasteiger charge is 2.45. The van der Waals surface area contributed by atoms with Crippen molar-refractivity contribution in [3.63, 3.8) is 0 Å². The summed E-state index contributed by atoms with van der Waals surface area (Å²) in [5.41, 5.74) is 0.941. The SMILES string of the molecule is C[C@H](Cc1cccs1)NC(=O)CCc1nnc(C2(c3ccc(Cl)cc3)CCC2)o1. The quantitative estimate of drug-likeness (QED) is 0.551. The number of hydrogen-bond donors (Lipinski definition) is 1. The molecule has 2 heterocycles. The molecular weight excluding hydrogens is 406 g/mol. The molecule has 1 atom stereocenters. The van der Waals surface area contributed by atoms with E-state index in [2.05, 4.69) is 27.0 Å². The molecule has 2 aromatic heterocycles. The number of amides is 1. The van der Waals surface area contributed by atoms with Gasteiger partial charge in [0.25, 0.3) is 0 Å². The summed E-state index contributed by atoms with van der Waals surface area (Å²) in [5.74, 6) is 1.17. The lowest BCUT2D eigenvalue weighted by molar-refractivity contribution is -0.121. The Bertz CT molecular complexity index is 949. The number of benzene rings is 1. The van der Waals surface area contributed by atoms with Gasteiger partial charge in [-0.3, -0.25) is 4.79 Å². The number of aryl methyl sites for hydroxylation is 1. The highest BCUT2D eigenvalue weighted by molar-refractivity contribution is 7.09. The first kappa shape index (κ1) is 20.1. The van der Waals surface area contributed by atoms with Crippen LogP contribution >= 0.6 is 22.9 Å². The van der Waals surface area contributed by atoms with Crippen LogP contribution in [0, 0.1) is 0 Å². The van der Waals surface area contributed by atoms with Crippen molar-refractivity contribution in [1.29, 1.82) is 0 Å². The molecule has 0 aliphatic heterocycles. The molecule has 0 saturated heterocycles. The first-order valence-corrected chi connectivity index (χ1v) is 11.2. The van der Waals surface area contributed by atoms with Crippen LogP contribution in [0.15, 0.2) is 46.2 Å². The molecule has 29 heavy (non-hydrogen) atoms. The number of aromatic nitrogens is 2. The van der Waals surface area contributed by atoms with Gasteiger partial charge in [-0.1, -0.05) is 36.2 Å². The number of hydrogen-bond acceptors (Lipinski definition) is 5. The van der Waals surface area contributed by atoms with Crippen LogP contribution < -0.4 is 5.32 Å². The topological polar surface area (TPSA) is 68.0 Å². The number of rotatable bonds is 8. The second-order valence-corrected chi connectivity index (χ2v) is 9.16. The molecular formula is C22H24ClN3O2S. The molecule has 152 valence electrons. The van der Waals surface area contributed by atoms with Gasteiger partial charge in [-0.25, -0.2) is 0 Å². The molecule has 1 fully saturated rings. The van der Waals surface area contributed by atoms with E-state index >= 15 is 0 Å². The van der Waals surface area contributed by atoms with E-state index in [1.165, 1.54) is 4.88 Å². The van der Waals surface area contributed by atoms with Gasteiger partial charge in [0, 0.05) is 35.2 Å². The Morgan fingerprint density at radius 2 is 2.07 bits per heavy atom. The second kappa shape index (κ2) is 8.67. The molecule has 0 unspecified atom stereocenters. The van der Waals surface area contributed by atoms with Crippen molar-refractivity contribution in [3.8, 4) is 0 Å². The minimum absolute atomic E-state index is 0.00450. The Hall–Kier alpha value is -2.18. The van der Waals surface area contributed by atoms with Crippen LogP contribution in [0.5, 0.6) is 0 Å². The normalized spacial score (nSPS) is 16.2. The van der Waals surface area contributed by atoms with Gasteiger partial charge in [-0.2, -0.15) is 0 Å². The summed E-state index contributed by atoms with van der Waals surface area (Å²) >= 11 is 7.74. The molecule has 1 amide bonds. The van der Waals surface area contributed by atoms with Crippen molar-refractivity contribution < 1.29 is 9.21 Å². The summed E-state index contributed by atoms with van der Waals surface area (Å²) in [5, 5.41) is 14.3. The molecule has 5 nitrogen and oxygen atoms in total. The van der Waals surface area contributed by atoms with Crippen LogP contribution in [0.4, 0.5) is 0 Å². The lowest BCUT2D eigenvalue weighted by Crippen LogP contribution is -2.35. The molecule has 1 aliphatic carbocycles.